The van der Waals surface area contributed by atoms with Gasteiger partial charge in [0.2, 0.25) is 5.91 Å². The van der Waals surface area contributed by atoms with Gasteiger partial charge in [-0.25, -0.2) is 0 Å². The Bertz CT molecular complexity index is 174. The molecular weight excluding hydrogens is 176 g/mol. The van der Waals surface area contributed by atoms with Gasteiger partial charge in [-0.15, -0.1) is 0 Å². The Morgan fingerprint density at radius 3 is 2.14 bits per heavy atom. The summed E-state index contributed by atoms with van der Waals surface area (Å²) < 4.78 is 0. The lowest BCUT2D eigenvalue weighted by atomic mass is 9.95. The largest absolute Gasteiger partial charge is 0.349 e. The highest BCUT2D eigenvalue weighted by Gasteiger charge is 2.18. The van der Waals surface area contributed by atoms with Crippen molar-refractivity contribution in [1.29, 1.82) is 0 Å². The molecule has 1 amide bonds. The maximum atomic E-state index is 11.3. The summed E-state index contributed by atoms with van der Waals surface area (Å²) in [5, 5.41) is 3.43. The fraction of sp³-hybridized carbons (Fsp3) is 0.909. The summed E-state index contributed by atoms with van der Waals surface area (Å²) in [6, 6.07) is 0. The van der Waals surface area contributed by atoms with Crippen molar-refractivity contribution in [1.82, 2.24) is 10.2 Å². The van der Waals surface area contributed by atoms with Crippen LogP contribution in [-0.2, 0) is 4.79 Å². The van der Waals surface area contributed by atoms with Crippen LogP contribution >= 0.6 is 0 Å². The van der Waals surface area contributed by atoms with Crippen molar-refractivity contribution >= 4 is 5.91 Å². The van der Waals surface area contributed by atoms with Gasteiger partial charge in [0.05, 0.1) is 0 Å². The first-order chi connectivity index (χ1) is 6.45. The van der Waals surface area contributed by atoms with Crippen LogP contribution in [0.25, 0.3) is 0 Å². The van der Waals surface area contributed by atoms with E-state index in [0.717, 1.165) is 19.4 Å². The van der Waals surface area contributed by atoms with E-state index in [1.165, 1.54) is 0 Å². The molecule has 0 rings (SSSR count). The van der Waals surface area contributed by atoms with Crippen molar-refractivity contribution in [3.63, 3.8) is 0 Å². The summed E-state index contributed by atoms with van der Waals surface area (Å²) in [6.45, 7) is 7.32. The number of hydrogen-bond donors (Lipinski definition) is 1. The summed E-state index contributed by atoms with van der Waals surface area (Å²) >= 11 is 0. The molecule has 0 spiro atoms. The fourth-order valence-corrected chi connectivity index (χ4v) is 1.19. The van der Waals surface area contributed by atoms with Crippen molar-refractivity contribution in [2.45, 2.75) is 45.6 Å². The first-order valence-electron chi connectivity index (χ1n) is 5.40. The van der Waals surface area contributed by atoms with Gasteiger partial charge in [0.15, 0.2) is 0 Å². The predicted octanol–water partition coefficient (Wildman–Crippen LogP) is 1.63. The SMILES string of the molecule is CCC(C)(CC)NCCC(=O)N(C)C. The third-order valence-electron chi connectivity index (χ3n) is 2.95. The Kier molecular flexibility index (Phi) is 5.77. The first kappa shape index (κ1) is 13.4. The van der Waals surface area contributed by atoms with Gasteiger partial charge in [0, 0.05) is 32.6 Å². The standard InChI is InChI=1S/C11H24N2O/c1-6-11(3,7-2)12-9-8-10(14)13(4)5/h12H,6-9H2,1-5H3. The van der Waals surface area contributed by atoms with Crippen LogP contribution in [0.4, 0.5) is 0 Å². The minimum Gasteiger partial charge on any atom is -0.349 e. The smallest absolute Gasteiger partial charge is 0.223 e. The topological polar surface area (TPSA) is 32.3 Å². The van der Waals surface area contributed by atoms with Crippen LogP contribution in [0.2, 0.25) is 0 Å². The van der Waals surface area contributed by atoms with E-state index in [2.05, 4.69) is 26.1 Å². The van der Waals surface area contributed by atoms with Gasteiger partial charge in [-0.3, -0.25) is 4.79 Å². The van der Waals surface area contributed by atoms with Gasteiger partial charge in [-0.2, -0.15) is 0 Å². The molecule has 0 radical (unpaired) electrons. The molecular formula is C11H24N2O. The van der Waals surface area contributed by atoms with E-state index in [0.29, 0.717) is 6.42 Å². The zero-order valence-electron chi connectivity index (χ0n) is 10.2. The zero-order chi connectivity index (χ0) is 11.2. The molecule has 0 saturated heterocycles. The monoisotopic (exact) mass is 200 g/mol. The molecule has 0 atom stereocenters. The lowest BCUT2D eigenvalue weighted by molar-refractivity contribution is -0.128. The van der Waals surface area contributed by atoms with Crippen molar-refractivity contribution in [2.24, 2.45) is 0 Å². The molecule has 0 aromatic carbocycles. The average molecular weight is 200 g/mol. The third kappa shape index (κ3) is 4.61. The average Bonchev–Trinajstić information content (AvgIpc) is 2.17. The molecule has 0 aromatic heterocycles. The normalized spacial score (nSPS) is 11.5. The second kappa shape index (κ2) is 6.02. The second-order valence-electron chi connectivity index (χ2n) is 4.23. The summed E-state index contributed by atoms with van der Waals surface area (Å²) in [4.78, 5) is 12.9. The van der Waals surface area contributed by atoms with Crippen LogP contribution in [0.5, 0.6) is 0 Å². The van der Waals surface area contributed by atoms with Gasteiger partial charge < -0.3 is 10.2 Å². The van der Waals surface area contributed by atoms with Gasteiger partial charge in [-0.05, 0) is 19.8 Å². The maximum Gasteiger partial charge on any atom is 0.223 e. The van der Waals surface area contributed by atoms with E-state index in [1.54, 1.807) is 19.0 Å². The summed E-state index contributed by atoms with van der Waals surface area (Å²) in [7, 11) is 3.59. The van der Waals surface area contributed by atoms with Gasteiger partial charge >= 0.3 is 0 Å². The minimum absolute atomic E-state index is 0.187. The molecule has 0 fully saturated rings. The number of amides is 1. The van der Waals surface area contributed by atoms with E-state index in [9.17, 15) is 4.79 Å². The number of nitrogens with zero attached hydrogens (tertiary/aromatic N) is 1. The van der Waals surface area contributed by atoms with E-state index >= 15 is 0 Å². The summed E-state index contributed by atoms with van der Waals surface area (Å²) in [5.74, 6) is 0.187. The number of nitrogens with one attached hydrogen (secondary N) is 1. The van der Waals surface area contributed by atoms with Crippen molar-refractivity contribution in [3.8, 4) is 0 Å². The fourth-order valence-electron chi connectivity index (χ4n) is 1.19. The minimum atomic E-state index is 0.187. The zero-order valence-corrected chi connectivity index (χ0v) is 10.2. The number of carbonyl (C=O) groups is 1. The van der Waals surface area contributed by atoms with Gasteiger partial charge in [0.1, 0.15) is 0 Å². The number of rotatable bonds is 6. The molecule has 84 valence electrons. The van der Waals surface area contributed by atoms with Crippen LogP contribution in [0.3, 0.4) is 0 Å². The Balaban J connectivity index is 3.78. The van der Waals surface area contributed by atoms with Crippen LogP contribution in [0.15, 0.2) is 0 Å². The van der Waals surface area contributed by atoms with Crippen molar-refractivity contribution in [2.75, 3.05) is 20.6 Å². The van der Waals surface area contributed by atoms with Crippen LogP contribution in [0.1, 0.15) is 40.0 Å². The maximum absolute atomic E-state index is 11.3. The summed E-state index contributed by atoms with van der Waals surface area (Å²) in [5.41, 5.74) is 0.187. The van der Waals surface area contributed by atoms with Crippen molar-refractivity contribution in [3.05, 3.63) is 0 Å². The lowest BCUT2D eigenvalue weighted by Gasteiger charge is -2.28. The first-order valence-corrected chi connectivity index (χ1v) is 5.40. The molecule has 0 heterocycles. The molecule has 0 aromatic rings. The highest BCUT2D eigenvalue weighted by molar-refractivity contribution is 5.75. The quantitative estimate of drug-likeness (QED) is 0.707. The molecule has 0 aliphatic heterocycles. The number of carbonyl (C=O) groups excluding carboxylic acids is 1. The Labute approximate surface area is 87.9 Å². The molecule has 1 N–H and O–H groups in total. The molecule has 3 heteroatoms. The molecule has 3 nitrogen and oxygen atoms in total. The third-order valence-corrected chi connectivity index (χ3v) is 2.95. The second-order valence-corrected chi connectivity index (χ2v) is 4.23. The molecule has 0 bridgehead atoms. The van der Waals surface area contributed by atoms with E-state index in [1.807, 2.05) is 0 Å². The Hall–Kier alpha value is -0.570. The predicted molar refractivity (Wildman–Crippen MR) is 60.3 cm³/mol. The van der Waals surface area contributed by atoms with Crippen molar-refractivity contribution < 1.29 is 4.79 Å². The molecule has 0 aliphatic rings. The van der Waals surface area contributed by atoms with E-state index in [-0.39, 0.29) is 11.4 Å². The lowest BCUT2D eigenvalue weighted by Crippen LogP contribution is -2.42. The molecule has 0 saturated carbocycles. The Morgan fingerprint density at radius 2 is 1.79 bits per heavy atom. The Morgan fingerprint density at radius 1 is 1.29 bits per heavy atom. The van der Waals surface area contributed by atoms with E-state index < -0.39 is 0 Å². The highest BCUT2D eigenvalue weighted by Crippen LogP contribution is 2.12. The van der Waals surface area contributed by atoms with Crippen LogP contribution in [0, 0.1) is 0 Å². The number of hydrogen-bond acceptors (Lipinski definition) is 2. The highest BCUT2D eigenvalue weighted by atomic mass is 16.2. The molecule has 0 aliphatic carbocycles. The van der Waals surface area contributed by atoms with Gasteiger partial charge in [-0.1, -0.05) is 13.8 Å². The molecule has 14 heavy (non-hydrogen) atoms. The van der Waals surface area contributed by atoms with E-state index in [4.69, 9.17) is 0 Å². The summed E-state index contributed by atoms with van der Waals surface area (Å²) in [6.07, 6.45) is 2.78. The van der Waals surface area contributed by atoms with Crippen LogP contribution in [-0.4, -0.2) is 37.0 Å². The molecule has 0 unspecified atom stereocenters. The van der Waals surface area contributed by atoms with Gasteiger partial charge in [0.25, 0.3) is 0 Å². The van der Waals surface area contributed by atoms with Crippen LogP contribution < -0.4 is 5.32 Å².